The standard InChI is InChI=1S/C24H29N3O5S/c1-3-4-14-32-21-12-11-18(31-2)15-20(21)25-24(28)17-8-7-13-27(16-17)23-19-9-5-6-10-22(19)33(29,30)26-23/h5-6,9-12,15,17H,3-4,7-8,13-14,16H2,1-2H3,(H,25,28). The zero-order chi connectivity index (χ0) is 23.4. The van der Waals surface area contributed by atoms with Crippen molar-refractivity contribution in [2.24, 2.45) is 10.3 Å². The zero-order valence-corrected chi connectivity index (χ0v) is 19.7. The van der Waals surface area contributed by atoms with Crippen molar-refractivity contribution in [3.05, 3.63) is 48.0 Å². The SMILES string of the molecule is CCCCOc1ccc(OC)cc1NC(=O)C1CCCN(C2=NS(=O)(=O)c3ccccc32)C1. The minimum atomic E-state index is -3.70. The fourth-order valence-electron chi connectivity index (χ4n) is 4.12. The number of ether oxygens (including phenoxy) is 2. The normalized spacial score (nSPS) is 18.9. The molecule has 2 aliphatic rings. The Balaban J connectivity index is 1.50. The van der Waals surface area contributed by atoms with E-state index in [4.69, 9.17) is 9.47 Å². The van der Waals surface area contributed by atoms with E-state index in [0.717, 1.165) is 19.3 Å². The molecule has 1 atom stereocenters. The summed E-state index contributed by atoms with van der Waals surface area (Å²) in [6.07, 6.45) is 3.40. The lowest BCUT2D eigenvalue weighted by Gasteiger charge is -2.33. The van der Waals surface area contributed by atoms with Gasteiger partial charge in [0.1, 0.15) is 16.4 Å². The van der Waals surface area contributed by atoms with Crippen LogP contribution < -0.4 is 14.8 Å². The smallest absolute Gasteiger partial charge is 0.285 e. The highest BCUT2D eigenvalue weighted by Gasteiger charge is 2.35. The molecule has 0 aliphatic carbocycles. The Labute approximate surface area is 194 Å². The number of hydrogen-bond acceptors (Lipinski definition) is 6. The molecule has 2 heterocycles. The molecule has 2 aliphatic heterocycles. The molecular formula is C24H29N3O5S. The van der Waals surface area contributed by atoms with Gasteiger partial charge in [-0.15, -0.1) is 4.40 Å². The maximum atomic E-state index is 13.2. The van der Waals surface area contributed by atoms with Crippen LogP contribution in [-0.2, 0) is 14.8 Å². The summed E-state index contributed by atoms with van der Waals surface area (Å²) >= 11 is 0. The number of hydrogen-bond donors (Lipinski definition) is 1. The molecule has 2 aromatic rings. The Bertz CT molecular complexity index is 1160. The molecule has 2 aromatic carbocycles. The van der Waals surface area contributed by atoms with Gasteiger partial charge in [-0.3, -0.25) is 4.79 Å². The summed E-state index contributed by atoms with van der Waals surface area (Å²) in [4.78, 5) is 15.3. The van der Waals surface area contributed by atoms with Crippen molar-refractivity contribution in [1.29, 1.82) is 0 Å². The third-order valence-corrected chi connectivity index (χ3v) is 7.23. The molecule has 0 bridgehead atoms. The third-order valence-electron chi connectivity index (χ3n) is 5.90. The van der Waals surface area contributed by atoms with Gasteiger partial charge in [0.25, 0.3) is 10.0 Å². The first-order valence-electron chi connectivity index (χ1n) is 11.2. The van der Waals surface area contributed by atoms with Crippen LogP contribution in [0.4, 0.5) is 5.69 Å². The molecule has 1 fully saturated rings. The summed E-state index contributed by atoms with van der Waals surface area (Å²) in [6.45, 7) is 3.70. The zero-order valence-electron chi connectivity index (χ0n) is 18.9. The van der Waals surface area contributed by atoms with Gasteiger partial charge < -0.3 is 19.7 Å². The van der Waals surface area contributed by atoms with Gasteiger partial charge in [-0.05, 0) is 43.5 Å². The Kier molecular flexibility index (Phi) is 6.88. The van der Waals surface area contributed by atoms with Crippen LogP contribution in [0.2, 0.25) is 0 Å². The summed E-state index contributed by atoms with van der Waals surface area (Å²) in [7, 11) is -2.12. The van der Waals surface area contributed by atoms with Crippen LogP contribution in [0, 0.1) is 5.92 Å². The van der Waals surface area contributed by atoms with Crippen molar-refractivity contribution in [3.8, 4) is 11.5 Å². The number of likely N-dealkylation sites (tertiary alicyclic amines) is 1. The molecule has 176 valence electrons. The second-order valence-electron chi connectivity index (χ2n) is 8.22. The van der Waals surface area contributed by atoms with Crippen molar-refractivity contribution in [1.82, 2.24) is 4.90 Å². The number of carbonyl (C=O) groups excluding carboxylic acids is 1. The largest absolute Gasteiger partial charge is 0.497 e. The topological polar surface area (TPSA) is 97.3 Å². The van der Waals surface area contributed by atoms with Gasteiger partial charge in [0.05, 0.1) is 25.3 Å². The van der Waals surface area contributed by atoms with Crippen molar-refractivity contribution in [2.45, 2.75) is 37.5 Å². The molecule has 4 rings (SSSR count). The lowest BCUT2D eigenvalue weighted by atomic mass is 9.96. The quantitative estimate of drug-likeness (QED) is 0.619. The first-order chi connectivity index (χ1) is 15.9. The van der Waals surface area contributed by atoms with Gasteiger partial charge in [-0.1, -0.05) is 25.5 Å². The Morgan fingerprint density at radius 2 is 2.06 bits per heavy atom. The highest BCUT2D eigenvalue weighted by Crippen LogP contribution is 2.32. The van der Waals surface area contributed by atoms with E-state index in [1.807, 2.05) is 4.90 Å². The number of amides is 1. The van der Waals surface area contributed by atoms with Gasteiger partial charge in [-0.2, -0.15) is 8.42 Å². The lowest BCUT2D eigenvalue weighted by molar-refractivity contribution is -0.121. The van der Waals surface area contributed by atoms with E-state index in [-0.39, 0.29) is 16.7 Å². The number of nitrogens with zero attached hydrogens (tertiary/aromatic N) is 2. The van der Waals surface area contributed by atoms with Crippen LogP contribution in [0.1, 0.15) is 38.2 Å². The fraction of sp³-hybridized carbons (Fsp3) is 0.417. The molecule has 0 aromatic heterocycles. The van der Waals surface area contributed by atoms with Crippen molar-refractivity contribution < 1.29 is 22.7 Å². The van der Waals surface area contributed by atoms with E-state index in [0.29, 0.717) is 54.7 Å². The Morgan fingerprint density at radius 3 is 2.85 bits per heavy atom. The predicted octanol–water partition coefficient (Wildman–Crippen LogP) is 3.67. The van der Waals surface area contributed by atoms with Gasteiger partial charge >= 0.3 is 0 Å². The number of piperidine rings is 1. The van der Waals surface area contributed by atoms with Gasteiger partial charge in [0.15, 0.2) is 5.84 Å². The van der Waals surface area contributed by atoms with E-state index in [1.54, 1.807) is 49.6 Å². The van der Waals surface area contributed by atoms with Gasteiger partial charge in [0.2, 0.25) is 5.91 Å². The molecule has 9 heteroatoms. The first kappa shape index (κ1) is 23.1. The highest BCUT2D eigenvalue weighted by molar-refractivity contribution is 7.90. The minimum Gasteiger partial charge on any atom is -0.497 e. The van der Waals surface area contributed by atoms with E-state index in [1.165, 1.54) is 0 Å². The first-order valence-corrected chi connectivity index (χ1v) is 12.7. The maximum absolute atomic E-state index is 13.2. The second kappa shape index (κ2) is 9.82. The molecular weight excluding hydrogens is 442 g/mol. The summed E-state index contributed by atoms with van der Waals surface area (Å²) in [5.41, 5.74) is 1.16. The summed E-state index contributed by atoms with van der Waals surface area (Å²) < 4.78 is 40.1. The summed E-state index contributed by atoms with van der Waals surface area (Å²) in [5, 5.41) is 3.00. The average molecular weight is 472 g/mol. The number of fused-ring (bicyclic) bond motifs is 1. The van der Waals surface area contributed by atoms with Crippen LogP contribution in [-0.4, -0.2) is 51.9 Å². The number of carbonyl (C=O) groups is 1. The number of nitrogens with one attached hydrogen (secondary N) is 1. The minimum absolute atomic E-state index is 0.136. The second-order valence-corrected chi connectivity index (χ2v) is 9.80. The molecule has 1 amide bonds. The summed E-state index contributed by atoms with van der Waals surface area (Å²) in [6, 6.07) is 12.2. The van der Waals surface area contributed by atoms with Gasteiger partial charge in [-0.25, -0.2) is 0 Å². The molecule has 1 N–H and O–H groups in total. The molecule has 0 radical (unpaired) electrons. The molecule has 8 nitrogen and oxygen atoms in total. The molecule has 0 saturated carbocycles. The van der Waals surface area contributed by atoms with Crippen molar-refractivity contribution in [3.63, 3.8) is 0 Å². The summed E-state index contributed by atoms with van der Waals surface area (Å²) in [5.74, 6) is 1.20. The third kappa shape index (κ3) is 4.98. The average Bonchev–Trinajstić information content (AvgIpc) is 3.11. The number of amidine groups is 1. The number of anilines is 1. The predicted molar refractivity (Wildman–Crippen MR) is 126 cm³/mol. The van der Waals surface area contributed by atoms with E-state index < -0.39 is 10.0 Å². The lowest BCUT2D eigenvalue weighted by Crippen LogP contribution is -2.43. The monoisotopic (exact) mass is 471 g/mol. The van der Waals surface area contributed by atoms with Crippen molar-refractivity contribution in [2.75, 3.05) is 32.1 Å². The number of methoxy groups -OCH3 is 1. The van der Waals surface area contributed by atoms with E-state index in [9.17, 15) is 13.2 Å². The van der Waals surface area contributed by atoms with Crippen LogP contribution >= 0.6 is 0 Å². The molecule has 33 heavy (non-hydrogen) atoms. The van der Waals surface area contributed by atoms with E-state index >= 15 is 0 Å². The van der Waals surface area contributed by atoms with Crippen LogP contribution in [0.5, 0.6) is 11.5 Å². The molecule has 1 saturated heterocycles. The van der Waals surface area contributed by atoms with E-state index in [2.05, 4.69) is 16.6 Å². The number of benzene rings is 2. The number of unbranched alkanes of at least 4 members (excludes halogenated alkanes) is 1. The van der Waals surface area contributed by atoms with Crippen LogP contribution in [0.15, 0.2) is 51.8 Å². The molecule has 1 unspecified atom stereocenters. The van der Waals surface area contributed by atoms with Crippen LogP contribution in [0.25, 0.3) is 0 Å². The number of sulfonamides is 1. The maximum Gasteiger partial charge on any atom is 0.285 e. The number of rotatable bonds is 7. The van der Waals surface area contributed by atoms with Crippen LogP contribution in [0.3, 0.4) is 0 Å². The highest BCUT2D eigenvalue weighted by atomic mass is 32.2. The Hall–Kier alpha value is -3.07. The fourth-order valence-corrected chi connectivity index (χ4v) is 5.35. The Morgan fingerprint density at radius 1 is 1.24 bits per heavy atom. The van der Waals surface area contributed by atoms with Gasteiger partial charge in [0, 0.05) is 24.7 Å². The van der Waals surface area contributed by atoms with Crippen molar-refractivity contribution >= 4 is 27.5 Å². The molecule has 0 spiro atoms.